The minimum absolute atomic E-state index is 0.385. The van der Waals surface area contributed by atoms with Crippen molar-refractivity contribution in [1.29, 1.82) is 0 Å². The van der Waals surface area contributed by atoms with Crippen LogP contribution in [0.15, 0.2) is 30.3 Å². The van der Waals surface area contributed by atoms with Crippen LogP contribution >= 0.6 is 22.6 Å². The van der Waals surface area contributed by atoms with Gasteiger partial charge in [-0.15, -0.1) is 0 Å². The lowest BCUT2D eigenvalue weighted by molar-refractivity contribution is -0.0682. The Hall–Kier alpha value is -0.130. The Morgan fingerprint density at radius 2 is 1.93 bits per heavy atom. The van der Waals surface area contributed by atoms with E-state index < -0.39 is 0 Å². The zero-order valence-electron chi connectivity index (χ0n) is 8.99. The highest BCUT2D eigenvalue weighted by Crippen LogP contribution is 2.02. The first kappa shape index (κ1) is 12.9. The second-order valence-electron chi connectivity index (χ2n) is 3.58. The molecule has 0 saturated carbocycles. The fourth-order valence-corrected chi connectivity index (χ4v) is 1.34. The molecular weight excluding hydrogens is 303 g/mol. The molecule has 2 nitrogen and oxygen atoms in total. The molecule has 1 rings (SSSR count). The van der Waals surface area contributed by atoms with E-state index in [0.29, 0.717) is 19.3 Å². The highest BCUT2D eigenvalue weighted by molar-refractivity contribution is 14.1. The van der Waals surface area contributed by atoms with Crippen LogP contribution in [0.1, 0.15) is 12.5 Å². The molecule has 0 aromatic heterocycles. The summed E-state index contributed by atoms with van der Waals surface area (Å²) in [5.41, 5.74) is 1.18. The van der Waals surface area contributed by atoms with Gasteiger partial charge in [0.15, 0.2) is 0 Å². The summed E-state index contributed by atoms with van der Waals surface area (Å²) in [6, 6.07) is 10.1. The van der Waals surface area contributed by atoms with Crippen LogP contribution in [-0.4, -0.2) is 17.8 Å². The van der Waals surface area contributed by atoms with Crippen molar-refractivity contribution >= 4 is 22.6 Å². The van der Waals surface area contributed by atoms with Gasteiger partial charge in [-0.2, -0.15) is 0 Å². The summed E-state index contributed by atoms with van der Waals surface area (Å²) in [4.78, 5) is 0. The SMILES string of the molecule is C[C@H](CI)COCOCc1ccccc1. The molecule has 0 bridgehead atoms. The lowest BCUT2D eigenvalue weighted by Crippen LogP contribution is -2.09. The summed E-state index contributed by atoms with van der Waals surface area (Å²) >= 11 is 2.36. The molecule has 0 radical (unpaired) electrons. The third-order valence-corrected chi connectivity index (χ3v) is 3.45. The summed E-state index contributed by atoms with van der Waals surface area (Å²) in [7, 11) is 0. The third-order valence-electron chi connectivity index (χ3n) is 1.94. The molecule has 1 atom stereocenters. The van der Waals surface area contributed by atoms with Gasteiger partial charge in [0.1, 0.15) is 6.79 Å². The predicted molar refractivity (Wildman–Crippen MR) is 70.1 cm³/mol. The van der Waals surface area contributed by atoms with Crippen molar-refractivity contribution in [1.82, 2.24) is 0 Å². The van der Waals surface area contributed by atoms with Gasteiger partial charge in [-0.05, 0) is 11.5 Å². The summed E-state index contributed by atoms with van der Waals surface area (Å²) in [5, 5.41) is 0. The van der Waals surface area contributed by atoms with Crippen LogP contribution in [-0.2, 0) is 16.1 Å². The van der Waals surface area contributed by atoms with E-state index in [1.807, 2.05) is 30.3 Å². The summed E-state index contributed by atoms with van der Waals surface area (Å²) < 4.78 is 11.9. The standard InChI is InChI=1S/C12H17IO2/c1-11(7-13)8-14-10-15-9-12-5-3-2-4-6-12/h2-6,11H,7-10H2,1H3/t11-/m1/s1. The molecule has 0 heterocycles. The van der Waals surface area contributed by atoms with Gasteiger partial charge >= 0.3 is 0 Å². The molecule has 0 fully saturated rings. The molecule has 0 N–H and O–H groups in total. The number of rotatable bonds is 7. The van der Waals surface area contributed by atoms with E-state index in [4.69, 9.17) is 9.47 Å². The molecule has 84 valence electrons. The maximum atomic E-state index is 5.39. The summed E-state index contributed by atoms with van der Waals surface area (Å²) in [6.07, 6.45) is 0. The summed E-state index contributed by atoms with van der Waals surface area (Å²) in [6.45, 7) is 3.96. The maximum absolute atomic E-state index is 5.39. The number of ether oxygens (including phenoxy) is 2. The lowest BCUT2D eigenvalue weighted by atomic mass is 10.2. The van der Waals surface area contributed by atoms with Crippen LogP contribution in [0, 0.1) is 5.92 Å². The Labute approximate surface area is 105 Å². The van der Waals surface area contributed by atoms with E-state index in [1.165, 1.54) is 5.56 Å². The van der Waals surface area contributed by atoms with Crippen LogP contribution in [0.4, 0.5) is 0 Å². The third kappa shape index (κ3) is 6.12. The van der Waals surface area contributed by atoms with Crippen LogP contribution in [0.3, 0.4) is 0 Å². The number of halogens is 1. The number of hydrogen-bond acceptors (Lipinski definition) is 2. The van der Waals surface area contributed by atoms with E-state index in [9.17, 15) is 0 Å². The molecule has 3 heteroatoms. The molecule has 15 heavy (non-hydrogen) atoms. The fraction of sp³-hybridized carbons (Fsp3) is 0.500. The lowest BCUT2D eigenvalue weighted by Gasteiger charge is -2.09. The van der Waals surface area contributed by atoms with Crippen molar-refractivity contribution in [2.24, 2.45) is 5.92 Å². The predicted octanol–water partition coefficient (Wildman–Crippen LogP) is 3.25. The van der Waals surface area contributed by atoms with Gasteiger partial charge in [0.25, 0.3) is 0 Å². The van der Waals surface area contributed by atoms with Gasteiger partial charge < -0.3 is 9.47 Å². The molecule has 0 amide bonds. The largest absolute Gasteiger partial charge is 0.355 e. The average molecular weight is 320 g/mol. The second-order valence-corrected chi connectivity index (χ2v) is 4.46. The Morgan fingerprint density at radius 3 is 2.60 bits per heavy atom. The number of alkyl halides is 1. The molecule has 1 aromatic rings. The van der Waals surface area contributed by atoms with E-state index >= 15 is 0 Å². The summed E-state index contributed by atoms with van der Waals surface area (Å²) in [5.74, 6) is 0.603. The zero-order valence-corrected chi connectivity index (χ0v) is 11.1. The molecule has 0 saturated heterocycles. The Kier molecular flexibility index (Phi) is 6.96. The second kappa shape index (κ2) is 8.07. The van der Waals surface area contributed by atoms with Crippen LogP contribution in [0.5, 0.6) is 0 Å². The highest BCUT2D eigenvalue weighted by atomic mass is 127. The van der Waals surface area contributed by atoms with Gasteiger partial charge in [-0.25, -0.2) is 0 Å². The smallest absolute Gasteiger partial charge is 0.147 e. The Bertz CT molecular complexity index is 251. The van der Waals surface area contributed by atoms with Crippen molar-refractivity contribution in [2.75, 3.05) is 17.8 Å². The van der Waals surface area contributed by atoms with Crippen molar-refractivity contribution in [3.8, 4) is 0 Å². The molecular formula is C12H17IO2. The van der Waals surface area contributed by atoms with Crippen LogP contribution < -0.4 is 0 Å². The van der Waals surface area contributed by atoms with Gasteiger partial charge in [0.05, 0.1) is 13.2 Å². The first-order valence-corrected chi connectivity index (χ1v) is 6.61. The zero-order chi connectivity index (χ0) is 10.9. The number of benzene rings is 1. The first-order valence-electron chi connectivity index (χ1n) is 5.08. The van der Waals surface area contributed by atoms with Crippen LogP contribution in [0.25, 0.3) is 0 Å². The fourth-order valence-electron chi connectivity index (χ4n) is 1.09. The van der Waals surface area contributed by atoms with Gasteiger partial charge in [0.2, 0.25) is 0 Å². The minimum Gasteiger partial charge on any atom is -0.355 e. The molecule has 0 spiro atoms. The van der Waals surface area contributed by atoms with Crippen molar-refractivity contribution in [3.63, 3.8) is 0 Å². The van der Waals surface area contributed by atoms with Crippen molar-refractivity contribution < 1.29 is 9.47 Å². The topological polar surface area (TPSA) is 18.5 Å². The van der Waals surface area contributed by atoms with Crippen molar-refractivity contribution in [2.45, 2.75) is 13.5 Å². The molecule has 0 unspecified atom stereocenters. The monoisotopic (exact) mass is 320 g/mol. The Morgan fingerprint density at radius 1 is 1.20 bits per heavy atom. The molecule has 0 aliphatic carbocycles. The average Bonchev–Trinajstić information content (AvgIpc) is 2.29. The van der Waals surface area contributed by atoms with Gasteiger partial charge in [-0.3, -0.25) is 0 Å². The molecule has 1 aromatic carbocycles. The normalized spacial score (nSPS) is 12.7. The van der Waals surface area contributed by atoms with E-state index in [1.54, 1.807) is 0 Å². The van der Waals surface area contributed by atoms with E-state index in [0.717, 1.165) is 11.0 Å². The molecule has 0 aliphatic heterocycles. The van der Waals surface area contributed by atoms with Gasteiger partial charge in [0, 0.05) is 4.43 Å². The van der Waals surface area contributed by atoms with E-state index in [2.05, 4.69) is 29.5 Å². The van der Waals surface area contributed by atoms with Crippen LogP contribution in [0.2, 0.25) is 0 Å². The first-order chi connectivity index (χ1) is 7.33. The minimum atomic E-state index is 0.385. The maximum Gasteiger partial charge on any atom is 0.147 e. The quantitative estimate of drug-likeness (QED) is 0.332. The highest BCUT2D eigenvalue weighted by Gasteiger charge is 1.98. The number of hydrogen-bond donors (Lipinski definition) is 0. The van der Waals surface area contributed by atoms with Gasteiger partial charge in [-0.1, -0.05) is 59.8 Å². The van der Waals surface area contributed by atoms with E-state index in [-0.39, 0.29) is 0 Å². The van der Waals surface area contributed by atoms with Crippen molar-refractivity contribution in [3.05, 3.63) is 35.9 Å². The Balaban J connectivity index is 2.03. The molecule has 0 aliphatic rings.